The molecule has 3 N–H and O–H groups in total. The summed E-state index contributed by atoms with van der Waals surface area (Å²) in [6.45, 7) is 0. The standard InChI is InChI=1S/C8H10N4O/c9-7(8-5-10-12-11-8)4-6-2-1-3-13-6/h1-3,5,7H,4,9H2,(H,10,11,12). The Morgan fingerprint density at radius 1 is 1.62 bits per heavy atom. The Balaban J connectivity index is 2.04. The van der Waals surface area contributed by atoms with Gasteiger partial charge in [-0.1, -0.05) is 0 Å². The fraction of sp³-hybridized carbons (Fsp3) is 0.250. The number of rotatable bonds is 3. The minimum Gasteiger partial charge on any atom is -0.469 e. The Kier molecular flexibility index (Phi) is 2.09. The summed E-state index contributed by atoms with van der Waals surface area (Å²) < 4.78 is 5.16. The maximum absolute atomic E-state index is 5.85. The van der Waals surface area contributed by atoms with E-state index in [0.717, 1.165) is 11.5 Å². The van der Waals surface area contributed by atoms with Crippen LogP contribution in [0.4, 0.5) is 0 Å². The monoisotopic (exact) mass is 178 g/mol. The predicted octanol–water partition coefficient (Wildman–Crippen LogP) is 0.640. The van der Waals surface area contributed by atoms with Gasteiger partial charge in [-0.3, -0.25) is 0 Å². The largest absolute Gasteiger partial charge is 0.469 e. The molecule has 0 aliphatic carbocycles. The van der Waals surface area contributed by atoms with Gasteiger partial charge in [0.25, 0.3) is 0 Å². The van der Waals surface area contributed by atoms with E-state index in [2.05, 4.69) is 15.4 Å². The first-order valence-corrected chi connectivity index (χ1v) is 4.00. The first kappa shape index (κ1) is 8.00. The molecule has 0 bridgehead atoms. The minimum absolute atomic E-state index is 0.162. The second-order valence-electron chi connectivity index (χ2n) is 2.78. The molecule has 0 saturated heterocycles. The van der Waals surface area contributed by atoms with Crippen molar-refractivity contribution in [2.24, 2.45) is 5.73 Å². The number of H-pyrrole nitrogens is 1. The fourth-order valence-corrected chi connectivity index (χ4v) is 1.14. The minimum atomic E-state index is -0.162. The quantitative estimate of drug-likeness (QED) is 0.722. The highest BCUT2D eigenvalue weighted by Gasteiger charge is 2.10. The van der Waals surface area contributed by atoms with Crippen LogP contribution in [0.5, 0.6) is 0 Å². The number of hydrogen-bond acceptors (Lipinski definition) is 4. The van der Waals surface area contributed by atoms with E-state index in [1.165, 1.54) is 0 Å². The van der Waals surface area contributed by atoms with Crippen LogP contribution in [0.25, 0.3) is 0 Å². The van der Waals surface area contributed by atoms with Crippen molar-refractivity contribution in [3.05, 3.63) is 36.0 Å². The summed E-state index contributed by atoms with van der Waals surface area (Å²) in [5.74, 6) is 0.857. The molecule has 2 rings (SSSR count). The molecule has 1 unspecified atom stereocenters. The first-order chi connectivity index (χ1) is 6.36. The highest BCUT2D eigenvalue weighted by Crippen LogP contribution is 2.12. The summed E-state index contributed by atoms with van der Waals surface area (Å²) in [6.07, 6.45) is 3.89. The zero-order valence-corrected chi connectivity index (χ0v) is 6.97. The number of nitrogens with two attached hydrogens (primary N) is 1. The molecule has 0 saturated carbocycles. The summed E-state index contributed by atoms with van der Waals surface area (Å²) in [4.78, 5) is 0. The van der Waals surface area contributed by atoms with Crippen LogP contribution in [0.2, 0.25) is 0 Å². The summed E-state index contributed by atoms with van der Waals surface area (Å²) in [7, 11) is 0. The van der Waals surface area contributed by atoms with Crippen LogP contribution in [0.1, 0.15) is 17.5 Å². The van der Waals surface area contributed by atoms with Crippen LogP contribution >= 0.6 is 0 Å². The van der Waals surface area contributed by atoms with E-state index in [-0.39, 0.29) is 6.04 Å². The van der Waals surface area contributed by atoms with E-state index in [9.17, 15) is 0 Å². The zero-order valence-electron chi connectivity index (χ0n) is 6.97. The number of nitrogens with zero attached hydrogens (tertiary/aromatic N) is 2. The van der Waals surface area contributed by atoms with Gasteiger partial charge in [-0.15, -0.1) is 0 Å². The van der Waals surface area contributed by atoms with E-state index < -0.39 is 0 Å². The van der Waals surface area contributed by atoms with E-state index in [1.807, 2.05) is 12.1 Å². The van der Waals surface area contributed by atoms with E-state index in [4.69, 9.17) is 10.2 Å². The molecule has 0 fully saturated rings. The van der Waals surface area contributed by atoms with Gasteiger partial charge in [-0.2, -0.15) is 15.4 Å². The average molecular weight is 178 g/mol. The summed E-state index contributed by atoms with van der Waals surface area (Å²) in [5.41, 5.74) is 6.59. The number of nitrogens with one attached hydrogen (secondary N) is 1. The Morgan fingerprint density at radius 3 is 3.15 bits per heavy atom. The predicted molar refractivity (Wildman–Crippen MR) is 45.7 cm³/mol. The van der Waals surface area contributed by atoms with Crippen LogP contribution in [-0.2, 0) is 6.42 Å². The highest BCUT2D eigenvalue weighted by molar-refractivity contribution is 5.06. The summed E-state index contributed by atoms with van der Waals surface area (Å²) in [6, 6.07) is 3.56. The van der Waals surface area contributed by atoms with Crippen LogP contribution in [0, 0.1) is 0 Å². The smallest absolute Gasteiger partial charge is 0.105 e. The summed E-state index contributed by atoms with van der Waals surface area (Å²) in [5, 5.41) is 10.1. The van der Waals surface area contributed by atoms with E-state index in [1.54, 1.807) is 12.5 Å². The molecule has 0 spiro atoms. The SMILES string of the molecule is NC(Cc1ccco1)c1cn[nH]n1. The topological polar surface area (TPSA) is 80.7 Å². The van der Waals surface area contributed by atoms with Crippen molar-refractivity contribution < 1.29 is 4.42 Å². The van der Waals surface area contributed by atoms with Gasteiger partial charge in [0.15, 0.2) is 0 Å². The summed E-state index contributed by atoms with van der Waals surface area (Å²) >= 11 is 0. The van der Waals surface area contributed by atoms with Gasteiger partial charge in [0.2, 0.25) is 0 Å². The maximum Gasteiger partial charge on any atom is 0.105 e. The van der Waals surface area contributed by atoms with Crippen LogP contribution in [0.15, 0.2) is 29.0 Å². The molecule has 2 heterocycles. The molecular weight excluding hydrogens is 168 g/mol. The van der Waals surface area contributed by atoms with E-state index >= 15 is 0 Å². The lowest BCUT2D eigenvalue weighted by Gasteiger charge is -2.04. The molecule has 5 heteroatoms. The van der Waals surface area contributed by atoms with Crippen molar-refractivity contribution in [3.63, 3.8) is 0 Å². The van der Waals surface area contributed by atoms with Gasteiger partial charge in [0.1, 0.15) is 5.76 Å². The van der Waals surface area contributed by atoms with Crippen LogP contribution < -0.4 is 5.73 Å². The Morgan fingerprint density at radius 2 is 2.54 bits per heavy atom. The van der Waals surface area contributed by atoms with Crippen molar-refractivity contribution >= 4 is 0 Å². The molecular formula is C8H10N4O. The maximum atomic E-state index is 5.85. The lowest BCUT2D eigenvalue weighted by molar-refractivity contribution is 0.486. The molecule has 0 aromatic carbocycles. The Bertz CT molecular complexity index is 340. The third kappa shape index (κ3) is 1.75. The van der Waals surface area contributed by atoms with Crippen molar-refractivity contribution in [2.45, 2.75) is 12.5 Å². The van der Waals surface area contributed by atoms with Crippen molar-refractivity contribution in [1.82, 2.24) is 15.4 Å². The van der Waals surface area contributed by atoms with Crippen LogP contribution in [-0.4, -0.2) is 15.4 Å². The highest BCUT2D eigenvalue weighted by atomic mass is 16.3. The van der Waals surface area contributed by atoms with Crippen molar-refractivity contribution in [2.75, 3.05) is 0 Å². The normalized spacial score (nSPS) is 13.0. The van der Waals surface area contributed by atoms with Gasteiger partial charge in [0.05, 0.1) is 24.2 Å². The molecule has 13 heavy (non-hydrogen) atoms. The number of aromatic amines is 1. The lowest BCUT2D eigenvalue weighted by Crippen LogP contribution is -2.13. The average Bonchev–Trinajstić information content (AvgIpc) is 2.74. The second-order valence-corrected chi connectivity index (χ2v) is 2.78. The second kappa shape index (κ2) is 3.40. The molecule has 0 aliphatic rings. The third-order valence-corrected chi connectivity index (χ3v) is 1.81. The number of aromatic nitrogens is 3. The number of furan rings is 1. The lowest BCUT2D eigenvalue weighted by atomic mass is 10.1. The Hall–Kier alpha value is -1.62. The molecule has 2 aromatic rings. The van der Waals surface area contributed by atoms with Gasteiger partial charge >= 0.3 is 0 Å². The van der Waals surface area contributed by atoms with Gasteiger partial charge in [0, 0.05) is 6.42 Å². The zero-order chi connectivity index (χ0) is 9.10. The molecule has 68 valence electrons. The van der Waals surface area contributed by atoms with Gasteiger partial charge < -0.3 is 10.2 Å². The molecule has 2 aromatic heterocycles. The third-order valence-electron chi connectivity index (χ3n) is 1.81. The Labute approximate surface area is 74.9 Å². The van der Waals surface area contributed by atoms with Gasteiger partial charge in [-0.25, -0.2) is 0 Å². The van der Waals surface area contributed by atoms with Gasteiger partial charge in [-0.05, 0) is 12.1 Å². The molecule has 1 atom stereocenters. The fourth-order valence-electron chi connectivity index (χ4n) is 1.14. The van der Waals surface area contributed by atoms with E-state index in [0.29, 0.717) is 6.42 Å². The van der Waals surface area contributed by atoms with Crippen molar-refractivity contribution in [1.29, 1.82) is 0 Å². The molecule has 0 radical (unpaired) electrons. The van der Waals surface area contributed by atoms with Crippen LogP contribution in [0.3, 0.4) is 0 Å². The number of hydrogen-bond donors (Lipinski definition) is 2. The molecule has 0 amide bonds. The molecule has 0 aliphatic heterocycles. The molecule has 5 nitrogen and oxygen atoms in total. The first-order valence-electron chi connectivity index (χ1n) is 4.00. The van der Waals surface area contributed by atoms with Crippen molar-refractivity contribution in [3.8, 4) is 0 Å².